The summed E-state index contributed by atoms with van der Waals surface area (Å²) < 4.78 is 5.80. The van der Waals surface area contributed by atoms with E-state index in [1.807, 2.05) is 24.3 Å². The molecule has 2 rings (SSSR count). The van der Waals surface area contributed by atoms with E-state index in [9.17, 15) is 0 Å². The fourth-order valence-corrected chi connectivity index (χ4v) is 2.42. The lowest BCUT2D eigenvalue weighted by molar-refractivity contribution is 0.209. The molecule has 0 heterocycles. The molecule has 1 aromatic rings. The first-order chi connectivity index (χ1) is 8.25. The second kappa shape index (κ2) is 6.01. The van der Waals surface area contributed by atoms with Gasteiger partial charge in [-0.05, 0) is 43.0 Å². The van der Waals surface area contributed by atoms with Gasteiger partial charge in [0.05, 0.1) is 6.61 Å². The van der Waals surface area contributed by atoms with Gasteiger partial charge >= 0.3 is 0 Å². The quantitative estimate of drug-likeness (QED) is 0.832. The summed E-state index contributed by atoms with van der Waals surface area (Å²) in [4.78, 5) is 0.434. The molecule has 0 amide bonds. The Morgan fingerprint density at radius 2 is 1.82 bits per heavy atom. The van der Waals surface area contributed by atoms with Gasteiger partial charge < -0.3 is 10.5 Å². The number of rotatable bonds is 4. The van der Waals surface area contributed by atoms with Crippen molar-refractivity contribution >= 4 is 17.2 Å². The summed E-state index contributed by atoms with van der Waals surface area (Å²) in [5, 5.41) is 0. The van der Waals surface area contributed by atoms with E-state index < -0.39 is 0 Å². The molecule has 1 aromatic carbocycles. The van der Waals surface area contributed by atoms with Crippen LogP contribution in [0.2, 0.25) is 0 Å². The Bertz CT molecular complexity index is 368. The predicted octanol–water partition coefficient (Wildman–Crippen LogP) is 3.28. The third-order valence-electron chi connectivity index (χ3n) is 3.35. The lowest BCUT2D eigenvalue weighted by atomic mass is 9.90. The van der Waals surface area contributed by atoms with Crippen molar-refractivity contribution in [3.63, 3.8) is 0 Å². The maximum Gasteiger partial charge on any atom is 0.119 e. The van der Waals surface area contributed by atoms with Crippen LogP contribution >= 0.6 is 12.2 Å². The van der Waals surface area contributed by atoms with Gasteiger partial charge in [-0.3, -0.25) is 0 Å². The standard InChI is InChI=1S/C14H19NOS/c15-14(17)12-6-8-13(9-7-12)16-10-11-4-2-1-3-5-11/h6-9,11H,1-5,10H2,(H2,15,17). The Morgan fingerprint density at radius 3 is 2.41 bits per heavy atom. The number of hydrogen-bond acceptors (Lipinski definition) is 2. The smallest absolute Gasteiger partial charge is 0.119 e. The van der Waals surface area contributed by atoms with Crippen molar-refractivity contribution in [2.75, 3.05) is 6.61 Å². The molecule has 0 radical (unpaired) electrons. The van der Waals surface area contributed by atoms with Crippen LogP contribution in [-0.4, -0.2) is 11.6 Å². The maximum atomic E-state index is 5.80. The molecular weight excluding hydrogens is 230 g/mol. The summed E-state index contributed by atoms with van der Waals surface area (Å²) in [6.45, 7) is 0.840. The average Bonchev–Trinajstić information content (AvgIpc) is 2.38. The van der Waals surface area contributed by atoms with E-state index in [1.54, 1.807) is 0 Å². The van der Waals surface area contributed by atoms with Crippen LogP contribution in [-0.2, 0) is 0 Å². The van der Waals surface area contributed by atoms with E-state index in [1.165, 1.54) is 32.1 Å². The number of hydrogen-bond donors (Lipinski definition) is 1. The Labute approximate surface area is 108 Å². The Hall–Kier alpha value is -1.09. The van der Waals surface area contributed by atoms with Crippen molar-refractivity contribution in [3.05, 3.63) is 29.8 Å². The van der Waals surface area contributed by atoms with Gasteiger partial charge in [0.15, 0.2) is 0 Å². The highest BCUT2D eigenvalue weighted by atomic mass is 32.1. The fourth-order valence-electron chi connectivity index (χ4n) is 2.28. The second-order valence-corrected chi connectivity index (χ2v) is 5.14. The third kappa shape index (κ3) is 3.70. The molecule has 1 saturated carbocycles. The van der Waals surface area contributed by atoms with Crippen LogP contribution in [0.25, 0.3) is 0 Å². The zero-order valence-electron chi connectivity index (χ0n) is 10.0. The minimum absolute atomic E-state index is 0.434. The van der Waals surface area contributed by atoms with Gasteiger partial charge in [-0.1, -0.05) is 31.5 Å². The minimum atomic E-state index is 0.434. The van der Waals surface area contributed by atoms with Crippen LogP contribution in [0, 0.1) is 5.92 Å². The predicted molar refractivity (Wildman–Crippen MR) is 74.4 cm³/mol. The summed E-state index contributed by atoms with van der Waals surface area (Å²) in [6.07, 6.45) is 6.72. The van der Waals surface area contributed by atoms with Gasteiger partial charge in [0.25, 0.3) is 0 Å². The van der Waals surface area contributed by atoms with E-state index in [4.69, 9.17) is 22.7 Å². The third-order valence-corrected chi connectivity index (χ3v) is 3.58. The molecule has 0 aliphatic heterocycles. The average molecular weight is 249 g/mol. The molecule has 0 aromatic heterocycles. The summed E-state index contributed by atoms with van der Waals surface area (Å²) in [7, 11) is 0. The molecule has 92 valence electrons. The van der Waals surface area contributed by atoms with Crippen LogP contribution in [0.15, 0.2) is 24.3 Å². The number of nitrogens with two attached hydrogens (primary N) is 1. The SMILES string of the molecule is NC(=S)c1ccc(OCC2CCCCC2)cc1. The van der Waals surface area contributed by atoms with Gasteiger partial charge in [0.2, 0.25) is 0 Å². The van der Waals surface area contributed by atoms with Crippen molar-refractivity contribution in [3.8, 4) is 5.75 Å². The van der Waals surface area contributed by atoms with E-state index in [-0.39, 0.29) is 0 Å². The monoisotopic (exact) mass is 249 g/mol. The van der Waals surface area contributed by atoms with Gasteiger partial charge in [-0.25, -0.2) is 0 Å². The molecule has 3 heteroatoms. The topological polar surface area (TPSA) is 35.2 Å². The van der Waals surface area contributed by atoms with Crippen molar-refractivity contribution < 1.29 is 4.74 Å². The van der Waals surface area contributed by atoms with E-state index >= 15 is 0 Å². The molecule has 17 heavy (non-hydrogen) atoms. The summed E-state index contributed by atoms with van der Waals surface area (Å²) in [5.41, 5.74) is 6.44. The van der Waals surface area contributed by atoms with Gasteiger partial charge in [0, 0.05) is 5.56 Å². The lowest BCUT2D eigenvalue weighted by Gasteiger charge is -2.21. The Balaban J connectivity index is 1.84. The normalized spacial score (nSPS) is 16.7. The molecular formula is C14H19NOS. The number of thiocarbonyl (C=S) groups is 1. The van der Waals surface area contributed by atoms with Crippen molar-refractivity contribution in [1.29, 1.82) is 0 Å². The molecule has 1 fully saturated rings. The van der Waals surface area contributed by atoms with Crippen molar-refractivity contribution in [1.82, 2.24) is 0 Å². The summed E-state index contributed by atoms with van der Waals surface area (Å²) in [6, 6.07) is 7.71. The van der Waals surface area contributed by atoms with Crippen LogP contribution < -0.4 is 10.5 Å². The minimum Gasteiger partial charge on any atom is -0.493 e. The highest BCUT2D eigenvalue weighted by Gasteiger charge is 2.13. The summed E-state index contributed by atoms with van der Waals surface area (Å²) >= 11 is 4.91. The van der Waals surface area contributed by atoms with Gasteiger partial charge in [-0.15, -0.1) is 0 Å². The molecule has 0 saturated heterocycles. The summed E-state index contributed by atoms with van der Waals surface area (Å²) in [5.74, 6) is 1.65. The molecule has 0 atom stereocenters. The lowest BCUT2D eigenvalue weighted by Crippen LogP contribution is -2.15. The van der Waals surface area contributed by atoms with Crippen LogP contribution in [0.3, 0.4) is 0 Å². The van der Waals surface area contributed by atoms with E-state index in [2.05, 4.69) is 0 Å². The fraction of sp³-hybridized carbons (Fsp3) is 0.500. The van der Waals surface area contributed by atoms with Crippen LogP contribution in [0.5, 0.6) is 5.75 Å². The van der Waals surface area contributed by atoms with Gasteiger partial charge in [-0.2, -0.15) is 0 Å². The number of ether oxygens (including phenoxy) is 1. The van der Waals surface area contributed by atoms with Crippen LogP contribution in [0.4, 0.5) is 0 Å². The molecule has 0 bridgehead atoms. The molecule has 2 nitrogen and oxygen atoms in total. The first kappa shape index (κ1) is 12.4. The largest absolute Gasteiger partial charge is 0.493 e. The molecule has 1 aliphatic carbocycles. The van der Waals surface area contributed by atoms with Crippen molar-refractivity contribution in [2.45, 2.75) is 32.1 Å². The maximum absolute atomic E-state index is 5.80. The Kier molecular flexibility index (Phi) is 4.37. The molecule has 0 unspecified atom stereocenters. The molecule has 2 N–H and O–H groups in total. The van der Waals surface area contributed by atoms with Gasteiger partial charge in [0.1, 0.15) is 10.7 Å². The first-order valence-electron chi connectivity index (χ1n) is 6.28. The zero-order valence-corrected chi connectivity index (χ0v) is 10.8. The number of benzene rings is 1. The first-order valence-corrected chi connectivity index (χ1v) is 6.69. The van der Waals surface area contributed by atoms with E-state index in [0.717, 1.165) is 23.8 Å². The molecule has 0 spiro atoms. The van der Waals surface area contributed by atoms with Crippen LogP contribution in [0.1, 0.15) is 37.7 Å². The Morgan fingerprint density at radius 1 is 1.18 bits per heavy atom. The van der Waals surface area contributed by atoms with Crippen molar-refractivity contribution in [2.24, 2.45) is 11.7 Å². The highest BCUT2D eigenvalue weighted by Crippen LogP contribution is 2.24. The van der Waals surface area contributed by atoms with E-state index in [0.29, 0.717) is 4.99 Å². The highest BCUT2D eigenvalue weighted by molar-refractivity contribution is 7.80. The zero-order chi connectivity index (χ0) is 12.1. The second-order valence-electron chi connectivity index (χ2n) is 4.70. The molecule has 1 aliphatic rings.